The Morgan fingerprint density at radius 1 is 1.29 bits per heavy atom. The van der Waals surface area contributed by atoms with Gasteiger partial charge >= 0.3 is 0 Å². The van der Waals surface area contributed by atoms with E-state index in [9.17, 15) is 0 Å². The molecule has 0 unspecified atom stereocenters. The summed E-state index contributed by atoms with van der Waals surface area (Å²) in [4.78, 5) is 6.51. The van der Waals surface area contributed by atoms with Crippen molar-refractivity contribution in [3.8, 4) is 0 Å². The molecule has 0 fully saturated rings. The monoisotopic (exact) mass is 204 g/mol. The van der Waals surface area contributed by atoms with Gasteiger partial charge in [-0.25, -0.2) is 4.98 Å². The molecular formula is C11H12N2S. The smallest absolute Gasteiger partial charge is 0.189 e. The van der Waals surface area contributed by atoms with Crippen LogP contribution < -0.4 is 4.90 Å². The molecule has 1 aromatic carbocycles. The molecular weight excluding hydrogens is 192 g/mol. The number of anilines is 2. The molecule has 3 heteroatoms. The molecule has 0 aliphatic carbocycles. The maximum atomic E-state index is 4.31. The molecule has 72 valence electrons. The molecule has 0 aliphatic heterocycles. The lowest BCUT2D eigenvalue weighted by molar-refractivity contribution is 1.01. The highest BCUT2D eigenvalue weighted by atomic mass is 32.1. The molecule has 1 heterocycles. The molecule has 14 heavy (non-hydrogen) atoms. The maximum Gasteiger partial charge on any atom is 0.189 e. The van der Waals surface area contributed by atoms with Crippen molar-refractivity contribution in [1.82, 2.24) is 4.98 Å². The summed E-state index contributed by atoms with van der Waals surface area (Å²) in [5.41, 5.74) is 1.20. The lowest BCUT2D eigenvalue weighted by atomic mass is 10.3. The molecule has 0 saturated carbocycles. The van der Waals surface area contributed by atoms with Crippen LogP contribution in [0, 0.1) is 0 Å². The summed E-state index contributed by atoms with van der Waals surface area (Å²) in [7, 11) is 0. The summed E-state index contributed by atoms with van der Waals surface area (Å²) < 4.78 is 0. The van der Waals surface area contributed by atoms with Crippen molar-refractivity contribution < 1.29 is 0 Å². The zero-order valence-electron chi connectivity index (χ0n) is 8.05. The van der Waals surface area contributed by atoms with Crippen molar-refractivity contribution >= 4 is 22.2 Å². The summed E-state index contributed by atoms with van der Waals surface area (Å²) in [5.74, 6) is 0. The minimum atomic E-state index is 0.942. The fraction of sp³-hybridized carbons (Fsp3) is 0.182. The summed E-state index contributed by atoms with van der Waals surface area (Å²) in [6, 6.07) is 10.3. The summed E-state index contributed by atoms with van der Waals surface area (Å²) in [5, 5.41) is 3.06. The molecule has 2 aromatic rings. The van der Waals surface area contributed by atoms with Crippen LogP contribution in [0.4, 0.5) is 10.8 Å². The predicted octanol–water partition coefficient (Wildman–Crippen LogP) is 3.30. The van der Waals surface area contributed by atoms with Gasteiger partial charge in [0.2, 0.25) is 0 Å². The molecule has 0 atom stereocenters. The number of para-hydroxylation sites is 1. The van der Waals surface area contributed by atoms with Crippen LogP contribution in [0.1, 0.15) is 6.92 Å². The van der Waals surface area contributed by atoms with E-state index in [1.165, 1.54) is 5.69 Å². The van der Waals surface area contributed by atoms with E-state index in [-0.39, 0.29) is 0 Å². The number of thiazole rings is 1. The van der Waals surface area contributed by atoms with Crippen LogP contribution >= 0.6 is 11.3 Å². The van der Waals surface area contributed by atoms with E-state index in [1.54, 1.807) is 11.3 Å². The molecule has 0 saturated heterocycles. The fourth-order valence-electron chi connectivity index (χ4n) is 1.39. The van der Waals surface area contributed by atoms with Crippen molar-refractivity contribution in [2.75, 3.05) is 11.4 Å². The zero-order valence-corrected chi connectivity index (χ0v) is 8.87. The van der Waals surface area contributed by atoms with E-state index in [0.717, 1.165) is 11.7 Å². The van der Waals surface area contributed by atoms with E-state index in [0.29, 0.717) is 0 Å². The Labute approximate surface area is 87.8 Å². The molecule has 0 bridgehead atoms. The van der Waals surface area contributed by atoms with E-state index < -0.39 is 0 Å². The van der Waals surface area contributed by atoms with Crippen LogP contribution in [0.15, 0.2) is 41.9 Å². The van der Waals surface area contributed by atoms with E-state index >= 15 is 0 Å². The summed E-state index contributed by atoms with van der Waals surface area (Å²) >= 11 is 1.67. The van der Waals surface area contributed by atoms with Gasteiger partial charge < -0.3 is 4.90 Å². The Balaban J connectivity index is 2.31. The normalized spacial score (nSPS) is 10.1. The molecule has 0 aliphatic rings. The first-order valence-electron chi connectivity index (χ1n) is 4.64. The van der Waals surface area contributed by atoms with Crippen LogP contribution in [0.5, 0.6) is 0 Å². The summed E-state index contributed by atoms with van der Waals surface area (Å²) in [6.45, 7) is 3.08. The first kappa shape index (κ1) is 9.21. The Morgan fingerprint density at radius 3 is 2.64 bits per heavy atom. The highest BCUT2D eigenvalue weighted by Gasteiger charge is 2.07. The van der Waals surface area contributed by atoms with Crippen molar-refractivity contribution in [3.63, 3.8) is 0 Å². The van der Waals surface area contributed by atoms with Gasteiger partial charge in [-0.1, -0.05) is 18.2 Å². The number of rotatable bonds is 3. The standard InChI is InChI=1S/C11H12N2S/c1-2-13(11-12-8-9-14-11)10-6-4-3-5-7-10/h3-9H,2H2,1H3. The van der Waals surface area contributed by atoms with Crippen LogP contribution in [-0.2, 0) is 0 Å². The van der Waals surface area contributed by atoms with Crippen LogP contribution in [0.3, 0.4) is 0 Å². The number of hydrogen-bond donors (Lipinski definition) is 0. The van der Waals surface area contributed by atoms with Gasteiger partial charge in [0, 0.05) is 23.8 Å². The highest BCUT2D eigenvalue weighted by molar-refractivity contribution is 7.13. The van der Waals surface area contributed by atoms with Gasteiger partial charge in [-0.15, -0.1) is 11.3 Å². The molecule has 0 N–H and O–H groups in total. The molecule has 0 amide bonds. The van der Waals surface area contributed by atoms with Gasteiger partial charge in [-0.3, -0.25) is 0 Å². The second kappa shape index (κ2) is 4.24. The second-order valence-corrected chi connectivity index (χ2v) is 3.77. The lowest BCUT2D eigenvalue weighted by Crippen LogP contribution is -2.15. The van der Waals surface area contributed by atoms with Gasteiger partial charge in [0.1, 0.15) is 0 Å². The minimum Gasteiger partial charge on any atom is -0.318 e. The Morgan fingerprint density at radius 2 is 2.07 bits per heavy atom. The number of hydrogen-bond acceptors (Lipinski definition) is 3. The van der Waals surface area contributed by atoms with Crippen LogP contribution in [0.25, 0.3) is 0 Å². The van der Waals surface area contributed by atoms with Crippen molar-refractivity contribution in [2.45, 2.75) is 6.92 Å². The second-order valence-electron chi connectivity index (χ2n) is 2.89. The first-order valence-corrected chi connectivity index (χ1v) is 5.52. The molecule has 0 spiro atoms. The number of aromatic nitrogens is 1. The van der Waals surface area contributed by atoms with Crippen molar-refractivity contribution in [1.29, 1.82) is 0 Å². The van der Waals surface area contributed by atoms with Crippen LogP contribution in [-0.4, -0.2) is 11.5 Å². The molecule has 2 nitrogen and oxygen atoms in total. The largest absolute Gasteiger partial charge is 0.318 e. The Kier molecular flexibility index (Phi) is 2.79. The van der Waals surface area contributed by atoms with Gasteiger partial charge in [0.25, 0.3) is 0 Å². The predicted molar refractivity (Wildman–Crippen MR) is 61.2 cm³/mol. The van der Waals surface area contributed by atoms with E-state index in [1.807, 2.05) is 29.8 Å². The quantitative estimate of drug-likeness (QED) is 0.762. The molecule has 2 rings (SSSR count). The third kappa shape index (κ3) is 1.77. The lowest BCUT2D eigenvalue weighted by Gasteiger charge is -2.19. The fourth-order valence-corrected chi connectivity index (χ4v) is 2.11. The minimum absolute atomic E-state index is 0.942. The molecule has 1 aromatic heterocycles. The SMILES string of the molecule is CCN(c1ccccc1)c1nccs1. The van der Waals surface area contributed by atoms with Gasteiger partial charge in [0.15, 0.2) is 5.13 Å². The number of benzene rings is 1. The summed E-state index contributed by atoms with van der Waals surface area (Å²) in [6.07, 6.45) is 1.84. The van der Waals surface area contributed by atoms with E-state index in [4.69, 9.17) is 0 Å². The Bertz CT molecular complexity index is 369. The zero-order chi connectivity index (χ0) is 9.80. The third-order valence-electron chi connectivity index (χ3n) is 2.03. The average molecular weight is 204 g/mol. The van der Waals surface area contributed by atoms with Gasteiger partial charge in [-0.05, 0) is 19.1 Å². The van der Waals surface area contributed by atoms with E-state index in [2.05, 4.69) is 28.9 Å². The Hall–Kier alpha value is -1.35. The average Bonchev–Trinajstić information content (AvgIpc) is 2.74. The molecule has 0 radical (unpaired) electrons. The third-order valence-corrected chi connectivity index (χ3v) is 2.83. The van der Waals surface area contributed by atoms with Crippen molar-refractivity contribution in [3.05, 3.63) is 41.9 Å². The number of nitrogens with zero attached hydrogens (tertiary/aromatic N) is 2. The van der Waals surface area contributed by atoms with Crippen molar-refractivity contribution in [2.24, 2.45) is 0 Å². The van der Waals surface area contributed by atoms with Gasteiger partial charge in [0.05, 0.1) is 0 Å². The first-order chi connectivity index (χ1) is 6.92. The van der Waals surface area contributed by atoms with Crippen LogP contribution in [0.2, 0.25) is 0 Å². The topological polar surface area (TPSA) is 16.1 Å². The van der Waals surface area contributed by atoms with Gasteiger partial charge in [-0.2, -0.15) is 0 Å². The highest BCUT2D eigenvalue weighted by Crippen LogP contribution is 2.25. The maximum absolute atomic E-state index is 4.31.